The van der Waals surface area contributed by atoms with Crippen molar-refractivity contribution in [2.45, 2.75) is 13.5 Å². The number of esters is 1. The number of hydrogen-bond donors (Lipinski definition) is 0. The molecule has 0 amide bonds. The van der Waals surface area contributed by atoms with E-state index >= 15 is 0 Å². The van der Waals surface area contributed by atoms with E-state index in [1.165, 1.54) is 6.08 Å². The van der Waals surface area contributed by atoms with Crippen LogP contribution in [0.3, 0.4) is 0 Å². The molecule has 0 bridgehead atoms. The van der Waals surface area contributed by atoms with Crippen molar-refractivity contribution < 1.29 is 9.53 Å². The molecule has 0 aliphatic carbocycles. The first-order valence-electron chi connectivity index (χ1n) is 5.57. The summed E-state index contributed by atoms with van der Waals surface area (Å²) < 4.78 is 5.15. The lowest BCUT2D eigenvalue weighted by Gasteiger charge is -2.06. The highest BCUT2D eigenvalue weighted by atomic mass is 16.5. The lowest BCUT2D eigenvalue weighted by molar-refractivity contribution is -0.138. The molecular formula is C15H14O2. The van der Waals surface area contributed by atoms with Crippen LogP contribution in [0.25, 0.3) is 10.8 Å². The van der Waals surface area contributed by atoms with Crippen molar-refractivity contribution >= 4 is 16.7 Å². The van der Waals surface area contributed by atoms with Crippen LogP contribution in [0, 0.1) is 0 Å². The molecule has 0 heterocycles. The van der Waals surface area contributed by atoms with Crippen molar-refractivity contribution in [2.24, 2.45) is 0 Å². The fourth-order valence-electron chi connectivity index (χ4n) is 1.75. The first-order chi connectivity index (χ1) is 8.31. The van der Waals surface area contributed by atoms with Gasteiger partial charge in [0.15, 0.2) is 0 Å². The van der Waals surface area contributed by atoms with Gasteiger partial charge in [-0.05, 0) is 23.3 Å². The number of carbonyl (C=O) groups is 1. The zero-order valence-corrected chi connectivity index (χ0v) is 9.72. The Kier molecular flexibility index (Phi) is 3.55. The van der Waals surface area contributed by atoms with Crippen molar-refractivity contribution in [1.29, 1.82) is 0 Å². The predicted octanol–water partition coefficient (Wildman–Crippen LogP) is 3.46. The van der Waals surface area contributed by atoms with E-state index in [1.54, 1.807) is 13.0 Å². The van der Waals surface area contributed by atoms with Crippen LogP contribution in [0.15, 0.2) is 54.6 Å². The molecule has 0 aliphatic rings. The second-order valence-corrected chi connectivity index (χ2v) is 3.75. The Labute approximate surface area is 101 Å². The summed E-state index contributed by atoms with van der Waals surface area (Å²) in [4.78, 5) is 11.2. The molecule has 0 atom stereocenters. The molecule has 0 aliphatic heterocycles. The third-order valence-electron chi connectivity index (χ3n) is 2.55. The van der Waals surface area contributed by atoms with Crippen LogP contribution in [0.1, 0.15) is 12.5 Å². The Morgan fingerprint density at radius 1 is 1.18 bits per heavy atom. The molecule has 0 N–H and O–H groups in total. The predicted molar refractivity (Wildman–Crippen MR) is 68.6 cm³/mol. The van der Waals surface area contributed by atoms with Crippen molar-refractivity contribution in [3.63, 3.8) is 0 Å². The molecule has 0 saturated heterocycles. The molecule has 86 valence electrons. The van der Waals surface area contributed by atoms with Crippen LogP contribution in [0.4, 0.5) is 0 Å². The third-order valence-corrected chi connectivity index (χ3v) is 2.55. The molecule has 2 heteroatoms. The molecule has 0 spiro atoms. The van der Waals surface area contributed by atoms with E-state index in [4.69, 9.17) is 4.74 Å². The molecule has 2 rings (SSSR count). The quantitative estimate of drug-likeness (QED) is 0.591. The Bertz CT molecular complexity index is 550. The summed E-state index contributed by atoms with van der Waals surface area (Å²) in [6.45, 7) is 2.10. The maximum Gasteiger partial charge on any atom is 0.330 e. The Hall–Kier alpha value is -2.09. The van der Waals surface area contributed by atoms with Gasteiger partial charge in [-0.15, -0.1) is 0 Å². The van der Waals surface area contributed by atoms with Gasteiger partial charge in [-0.2, -0.15) is 0 Å². The number of rotatable bonds is 3. The Morgan fingerprint density at radius 2 is 1.94 bits per heavy atom. The standard InChI is InChI=1S/C15H14O2/c1-2-6-15(16)17-11-13-9-5-8-12-7-3-4-10-14(12)13/h2-10H,11H2,1H3/b6-2+. The van der Waals surface area contributed by atoms with Gasteiger partial charge in [0.25, 0.3) is 0 Å². The molecule has 0 saturated carbocycles. The van der Waals surface area contributed by atoms with Gasteiger partial charge in [0, 0.05) is 6.08 Å². The van der Waals surface area contributed by atoms with Gasteiger partial charge in [-0.3, -0.25) is 0 Å². The first kappa shape index (κ1) is 11.4. The molecule has 2 aromatic carbocycles. The van der Waals surface area contributed by atoms with Crippen molar-refractivity contribution in [2.75, 3.05) is 0 Å². The summed E-state index contributed by atoms with van der Waals surface area (Å²) in [5, 5.41) is 2.29. The maximum atomic E-state index is 11.2. The van der Waals surface area contributed by atoms with E-state index in [2.05, 4.69) is 0 Å². The molecule has 0 radical (unpaired) electrons. The smallest absolute Gasteiger partial charge is 0.330 e. The highest BCUT2D eigenvalue weighted by Gasteiger charge is 2.02. The Morgan fingerprint density at radius 3 is 2.76 bits per heavy atom. The second-order valence-electron chi connectivity index (χ2n) is 3.75. The van der Waals surface area contributed by atoms with Crippen molar-refractivity contribution in [1.82, 2.24) is 0 Å². The number of hydrogen-bond acceptors (Lipinski definition) is 2. The zero-order valence-electron chi connectivity index (χ0n) is 9.72. The molecule has 0 unspecified atom stereocenters. The molecule has 2 aromatic rings. The number of carbonyl (C=O) groups excluding carboxylic acids is 1. The molecule has 2 nitrogen and oxygen atoms in total. The van der Waals surface area contributed by atoms with Gasteiger partial charge in [-0.1, -0.05) is 48.5 Å². The van der Waals surface area contributed by atoms with E-state index in [0.29, 0.717) is 6.61 Å². The van der Waals surface area contributed by atoms with Crippen LogP contribution < -0.4 is 0 Å². The molecular weight excluding hydrogens is 212 g/mol. The summed E-state index contributed by atoms with van der Waals surface area (Å²) in [7, 11) is 0. The van der Waals surface area contributed by atoms with E-state index in [0.717, 1.165) is 16.3 Å². The fraction of sp³-hybridized carbons (Fsp3) is 0.133. The number of benzene rings is 2. The molecule has 0 fully saturated rings. The lowest BCUT2D eigenvalue weighted by atomic mass is 10.1. The van der Waals surface area contributed by atoms with E-state index in [-0.39, 0.29) is 5.97 Å². The first-order valence-corrected chi connectivity index (χ1v) is 5.57. The summed E-state index contributed by atoms with van der Waals surface area (Å²) >= 11 is 0. The largest absolute Gasteiger partial charge is 0.458 e. The minimum atomic E-state index is -0.305. The van der Waals surface area contributed by atoms with Crippen molar-refractivity contribution in [3.05, 3.63) is 60.2 Å². The summed E-state index contributed by atoms with van der Waals surface area (Å²) in [5.74, 6) is -0.305. The van der Waals surface area contributed by atoms with Crippen LogP contribution in [-0.2, 0) is 16.1 Å². The molecule has 17 heavy (non-hydrogen) atoms. The Balaban J connectivity index is 2.21. The average molecular weight is 226 g/mol. The highest BCUT2D eigenvalue weighted by molar-refractivity contribution is 5.86. The molecule has 0 aromatic heterocycles. The van der Waals surface area contributed by atoms with Crippen molar-refractivity contribution in [3.8, 4) is 0 Å². The third kappa shape index (κ3) is 2.72. The summed E-state index contributed by atoms with van der Waals surface area (Å²) in [6, 6.07) is 14.1. The van der Waals surface area contributed by atoms with E-state index in [9.17, 15) is 4.79 Å². The topological polar surface area (TPSA) is 26.3 Å². The normalized spacial score (nSPS) is 10.9. The van der Waals surface area contributed by atoms with Gasteiger partial charge in [-0.25, -0.2) is 4.79 Å². The lowest BCUT2D eigenvalue weighted by Crippen LogP contribution is -2.00. The van der Waals surface area contributed by atoms with Gasteiger partial charge in [0.1, 0.15) is 6.61 Å². The maximum absolute atomic E-state index is 11.2. The van der Waals surface area contributed by atoms with Crippen LogP contribution in [0.5, 0.6) is 0 Å². The minimum Gasteiger partial charge on any atom is -0.458 e. The fourth-order valence-corrected chi connectivity index (χ4v) is 1.75. The summed E-state index contributed by atoms with van der Waals surface area (Å²) in [6.07, 6.45) is 3.09. The van der Waals surface area contributed by atoms with Crippen LogP contribution in [0.2, 0.25) is 0 Å². The number of ether oxygens (including phenoxy) is 1. The van der Waals surface area contributed by atoms with Crippen LogP contribution >= 0.6 is 0 Å². The van der Waals surface area contributed by atoms with E-state index in [1.807, 2.05) is 42.5 Å². The van der Waals surface area contributed by atoms with Gasteiger partial charge >= 0.3 is 5.97 Å². The number of allylic oxidation sites excluding steroid dienone is 1. The van der Waals surface area contributed by atoms with Gasteiger partial charge < -0.3 is 4.74 Å². The number of fused-ring (bicyclic) bond motifs is 1. The zero-order chi connectivity index (χ0) is 12.1. The van der Waals surface area contributed by atoms with Gasteiger partial charge in [0.05, 0.1) is 0 Å². The van der Waals surface area contributed by atoms with E-state index < -0.39 is 0 Å². The second kappa shape index (κ2) is 5.30. The SMILES string of the molecule is C/C=C/C(=O)OCc1cccc2ccccc12. The highest BCUT2D eigenvalue weighted by Crippen LogP contribution is 2.19. The summed E-state index contributed by atoms with van der Waals surface area (Å²) in [5.41, 5.74) is 1.03. The van der Waals surface area contributed by atoms with Gasteiger partial charge in [0.2, 0.25) is 0 Å². The minimum absolute atomic E-state index is 0.305. The monoisotopic (exact) mass is 226 g/mol. The average Bonchev–Trinajstić information content (AvgIpc) is 2.36. The van der Waals surface area contributed by atoms with Crippen LogP contribution in [-0.4, -0.2) is 5.97 Å².